The molecule has 2 aliphatic heterocycles. The smallest absolute Gasteiger partial charge is 0.156 e. The van der Waals surface area contributed by atoms with Crippen LogP contribution in [-0.4, -0.2) is 43.4 Å². The predicted octanol–water partition coefficient (Wildman–Crippen LogP) is 1.55. The van der Waals surface area contributed by atoms with Crippen molar-refractivity contribution in [3.05, 3.63) is 17.6 Å². The molecule has 0 amide bonds. The molecule has 19 heavy (non-hydrogen) atoms. The van der Waals surface area contributed by atoms with Crippen LogP contribution in [0.2, 0.25) is 0 Å². The van der Waals surface area contributed by atoms with Crippen LogP contribution in [0.4, 0.5) is 5.82 Å². The van der Waals surface area contributed by atoms with Gasteiger partial charge in [0.2, 0.25) is 0 Å². The normalized spacial score (nSPS) is 26.5. The van der Waals surface area contributed by atoms with Gasteiger partial charge in [0, 0.05) is 44.0 Å². The third-order valence-electron chi connectivity index (χ3n) is 4.11. The fraction of sp³-hybridized carbons (Fsp3) is 0.714. The molecule has 0 aromatic carbocycles. The molecule has 0 aliphatic carbocycles. The van der Waals surface area contributed by atoms with Crippen molar-refractivity contribution < 1.29 is 9.47 Å². The molecule has 0 bridgehead atoms. The highest BCUT2D eigenvalue weighted by molar-refractivity contribution is 5.41. The Bertz CT molecular complexity index is 458. The second-order valence-electron chi connectivity index (χ2n) is 5.69. The van der Waals surface area contributed by atoms with Gasteiger partial charge in [0.1, 0.15) is 12.4 Å². The highest BCUT2D eigenvalue weighted by Crippen LogP contribution is 2.39. The van der Waals surface area contributed by atoms with Gasteiger partial charge in [-0.1, -0.05) is 0 Å². The van der Waals surface area contributed by atoms with E-state index >= 15 is 0 Å². The zero-order valence-electron chi connectivity index (χ0n) is 11.7. The van der Waals surface area contributed by atoms with Crippen molar-refractivity contribution in [2.75, 3.05) is 38.3 Å². The highest BCUT2D eigenvalue weighted by atomic mass is 16.5. The van der Waals surface area contributed by atoms with E-state index in [4.69, 9.17) is 9.47 Å². The molecule has 2 fully saturated rings. The Balaban J connectivity index is 1.79. The van der Waals surface area contributed by atoms with Crippen LogP contribution < -0.4 is 4.90 Å². The van der Waals surface area contributed by atoms with E-state index in [1.54, 1.807) is 7.11 Å². The molecule has 3 rings (SSSR count). The number of methoxy groups -OCH3 is 1. The largest absolute Gasteiger partial charge is 0.381 e. The first kappa shape index (κ1) is 12.8. The number of hydrogen-bond donors (Lipinski definition) is 0. The van der Waals surface area contributed by atoms with Crippen LogP contribution in [0.5, 0.6) is 0 Å². The Morgan fingerprint density at radius 1 is 1.42 bits per heavy atom. The fourth-order valence-electron chi connectivity index (χ4n) is 3.07. The minimum atomic E-state index is 0.361. The number of anilines is 1. The topological polar surface area (TPSA) is 47.5 Å². The maximum Gasteiger partial charge on any atom is 0.156 e. The van der Waals surface area contributed by atoms with Gasteiger partial charge in [0.05, 0.1) is 6.61 Å². The minimum absolute atomic E-state index is 0.361. The lowest BCUT2D eigenvalue weighted by atomic mass is 9.87. The molecular formula is C14H21N3O2. The maximum atomic E-state index is 5.57. The van der Waals surface area contributed by atoms with Crippen molar-refractivity contribution in [3.8, 4) is 0 Å². The zero-order valence-corrected chi connectivity index (χ0v) is 11.7. The van der Waals surface area contributed by atoms with E-state index in [-0.39, 0.29) is 0 Å². The Morgan fingerprint density at radius 2 is 2.32 bits per heavy atom. The minimum Gasteiger partial charge on any atom is -0.381 e. The van der Waals surface area contributed by atoms with E-state index in [0.29, 0.717) is 12.0 Å². The van der Waals surface area contributed by atoms with Crippen molar-refractivity contribution in [2.24, 2.45) is 5.41 Å². The molecule has 0 N–H and O–H groups in total. The summed E-state index contributed by atoms with van der Waals surface area (Å²) in [5, 5.41) is 0. The van der Waals surface area contributed by atoms with Gasteiger partial charge in [-0.2, -0.15) is 0 Å². The molecule has 1 aromatic rings. The number of rotatable bonds is 3. The number of aryl methyl sites for hydroxylation is 1. The number of nitrogens with zero attached hydrogens (tertiary/aromatic N) is 3. The SMILES string of the molecule is COCc1nc(C)cc(N2CC[C@]3(CCOC3)C2)n1. The van der Waals surface area contributed by atoms with E-state index in [1.807, 2.05) is 6.92 Å². The van der Waals surface area contributed by atoms with Gasteiger partial charge in [0.25, 0.3) is 0 Å². The average Bonchev–Trinajstić information content (AvgIpc) is 3.00. The van der Waals surface area contributed by atoms with Crippen LogP contribution in [0.15, 0.2) is 6.07 Å². The molecule has 3 heterocycles. The Hall–Kier alpha value is -1.20. The van der Waals surface area contributed by atoms with Crippen molar-refractivity contribution in [1.82, 2.24) is 9.97 Å². The summed E-state index contributed by atoms with van der Waals surface area (Å²) in [5.41, 5.74) is 1.36. The number of hydrogen-bond acceptors (Lipinski definition) is 5. The first-order valence-electron chi connectivity index (χ1n) is 6.87. The molecule has 1 atom stereocenters. The Labute approximate surface area is 113 Å². The van der Waals surface area contributed by atoms with Crippen molar-refractivity contribution in [2.45, 2.75) is 26.4 Å². The molecule has 0 unspecified atom stereocenters. The average molecular weight is 263 g/mol. The van der Waals surface area contributed by atoms with Crippen molar-refractivity contribution in [1.29, 1.82) is 0 Å². The monoisotopic (exact) mass is 263 g/mol. The van der Waals surface area contributed by atoms with Gasteiger partial charge in [0.15, 0.2) is 5.82 Å². The van der Waals surface area contributed by atoms with E-state index < -0.39 is 0 Å². The zero-order chi connectivity index (χ0) is 13.3. The molecule has 0 saturated carbocycles. The summed E-state index contributed by atoms with van der Waals surface area (Å²) in [6, 6.07) is 2.06. The van der Waals surface area contributed by atoms with Gasteiger partial charge in [-0.3, -0.25) is 0 Å². The lowest BCUT2D eigenvalue weighted by Crippen LogP contribution is -2.28. The predicted molar refractivity (Wildman–Crippen MR) is 72.2 cm³/mol. The summed E-state index contributed by atoms with van der Waals surface area (Å²) in [7, 11) is 1.67. The van der Waals surface area contributed by atoms with Crippen molar-refractivity contribution >= 4 is 5.82 Å². The summed E-state index contributed by atoms with van der Waals surface area (Å²) in [4.78, 5) is 11.4. The molecule has 1 aromatic heterocycles. The van der Waals surface area contributed by atoms with Crippen LogP contribution in [0.1, 0.15) is 24.4 Å². The number of aromatic nitrogens is 2. The Kier molecular flexibility index (Phi) is 3.41. The van der Waals surface area contributed by atoms with Gasteiger partial charge >= 0.3 is 0 Å². The summed E-state index contributed by atoms with van der Waals surface area (Å²) in [5.74, 6) is 1.80. The van der Waals surface area contributed by atoms with Crippen LogP contribution >= 0.6 is 0 Å². The summed E-state index contributed by atoms with van der Waals surface area (Å²) < 4.78 is 10.7. The summed E-state index contributed by atoms with van der Waals surface area (Å²) >= 11 is 0. The van der Waals surface area contributed by atoms with E-state index in [0.717, 1.165) is 43.6 Å². The fourth-order valence-corrected chi connectivity index (χ4v) is 3.07. The van der Waals surface area contributed by atoms with Gasteiger partial charge < -0.3 is 14.4 Å². The van der Waals surface area contributed by atoms with E-state index in [9.17, 15) is 0 Å². The van der Waals surface area contributed by atoms with Crippen LogP contribution in [0, 0.1) is 12.3 Å². The second kappa shape index (κ2) is 5.06. The molecule has 5 heteroatoms. The molecule has 5 nitrogen and oxygen atoms in total. The van der Waals surface area contributed by atoms with Gasteiger partial charge in [-0.05, 0) is 19.8 Å². The van der Waals surface area contributed by atoms with Crippen LogP contribution in [-0.2, 0) is 16.1 Å². The lowest BCUT2D eigenvalue weighted by molar-refractivity contribution is 0.160. The van der Waals surface area contributed by atoms with Gasteiger partial charge in [-0.25, -0.2) is 9.97 Å². The molecule has 104 valence electrons. The third-order valence-corrected chi connectivity index (χ3v) is 4.11. The quantitative estimate of drug-likeness (QED) is 0.828. The molecule has 2 saturated heterocycles. The second-order valence-corrected chi connectivity index (χ2v) is 5.69. The Morgan fingerprint density at radius 3 is 3.05 bits per heavy atom. The van der Waals surface area contributed by atoms with E-state index in [2.05, 4.69) is 20.9 Å². The van der Waals surface area contributed by atoms with Crippen LogP contribution in [0.3, 0.4) is 0 Å². The summed E-state index contributed by atoms with van der Waals surface area (Å²) in [6.45, 7) is 6.40. The summed E-state index contributed by atoms with van der Waals surface area (Å²) in [6.07, 6.45) is 2.38. The molecule has 2 aliphatic rings. The first-order valence-corrected chi connectivity index (χ1v) is 6.87. The highest BCUT2D eigenvalue weighted by Gasteiger charge is 2.41. The van der Waals surface area contributed by atoms with E-state index in [1.165, 1.54) is 12.8 Å². The number of ether oxygens (including phenoxy) is 2. The lowest BCUT2D eigenvalue weighted by Gasteiger charge is -2.23. The van der Waals surface area contributed by atoms with Crippen molar-refractivity contribution in [3.63, 3.8) is 0 Å². The van der Waals surface area contributed by atoms with Crippen LogP contribution in [0.25, 0.3) is 0 Å². The molecule has 0 radical (unpaired) electrons. The standard InChI is InChI=1S/C14H21N3O2/c1-11-7-13(16-12(15-11)8-18-2)17-5-3-14(9-17)4-6-19-10-14/h7H,3-6,8-10H2,1-2H3/t14-/m0/s1. The molecule has 1 spiro atoms. The molecular weight excluding hydrogens is 242 g/mol. The third kappa shape index (κ3) is 2.58. The maximum absolute atomic E-state index is 5.57. The first-order chi connectivity index (χ1) is 9.21. The van der Waals surface area contributed by atoms with Gasteiger partial charge in [-0.15, -0.1) is 0 Å².